The minimum absolute atomic E-state index is 0.382. The minimum Gasteiger partial charge on any atom is -0.465 e. The Bertz CT molecular complexity index is 1270. The van der Waals surface area contributed by atoms with E-state index in [0.29, 0.717) is 27.2 Å². The average Bonchev–Trinajstić information content (AvgIpc) is 3.39. The zero-order valence-electron chi connectivity index (χ0n) is 17.7. The predicted molar refractivity (Wildman–Crippen MR) is 138 cm³/mol. The van der Waals surface area contributed by atoms with E-state index >= 15 is 0 Å². The van der Waals surface area contributed by atoms with E-state index in [1.807, 2.05) is 48.5 Å². The Morgan fingerprint density at radius 2 is 1.91 bits per heavy atom. The molecule has 0 aliphatic heterocycles. The van der Waals surface area contributed by atoms with Crippen molar-refractivity contribution in [1.82, 2.24) is 9.78 Å². The largest absolute Gasteiger partial charge is 0.465 e. The van der Waals surface area contributed by atoms with Gasteiger partial charge in [0.2, 0.25) is 0 Å². The summed E-state index contributed by atoms with van der Waals surface area (Å²) in [6.45, 7) is 0.586. The van der Waals surface area contributed by atoms with E-state index in [1.165, 1.54) is 18.4 Å². The van der Waals surface area contributed by atoms with Gasteiger partial charge in [-0.05, 0) is 41.5 Å². The minimum atomic E-state index is -0.407. The summed E-state index contributed by atoms with van der Waals surface area (Å²) in [5, 5.41) is 12.2. The molecule has 33 heavy (non-hydrogen) atoms. The van der Waals surface area contributed by atoms with Crippen molar-refractivity contribution in [2.75, 3.05) is 17.7 Å². The molecule has 0 bridgehead atoms. The first-order chi connectivity index (χ1) is 16.0. The third-order valence-electron chi connectivity index (χ3n) is 4.77. The standard InChI is InChI=1S/C24H21ClN4O2S2/c1-31-23(30)21-12-20(11-16-6-3-2-4-7-16)33-22(21)28-24(32)27-19-9-5-8-17(10-19)14-29-15-18(25)13-26-29/h2-10,12-13,15H,11,14H2,1H3,(H2,27,28,32). The van der Waals surface area contributed by atoms with Crippen molar-refractivity contribution in [3.8, 4) is 0 Å². The van der Waals surface area contributed by atoms with Crippen molar-refractivity contribution >= 4 is 56.9 Å². The number of aromatic nitrogens is 2. The summed E-state index contributed by atoms with van der Waals surface area (Å²) in [6.07, 6.45) is 4.09. The van der Waals surface area contributed by atoms with Crippen LogP contribution in [-0.4, -0.2) is 28.0 Å². The zero-order chi connectivity index (χ0) is 23.2. The summed E-state index contributed by atoms with van der Waals surface area (Å²) in [5.41, 5.74) is 3.49. The van der Waals surface area contributed by atoms with Crippen molar-refractivity contribution in [3.05, 3.63) is 99.6 Å². The van der Waals surface area contributed by atoms with E-state index in [0.717, 1.165) is 28.1 Å². The maximum absolute atomic E-state index is 12.3. The van der Waals surface area contributed by atoms with Crippen LogP contribution < -0.4 is 10.6 Å². The van der Waals surface area contributed by atoms with E-state index in [4.69, 9.17) is 28.6 Å². The van der Waals surface area contributed by atoms with Crippen LogP contribution in [0.4, 0.5) is 10.7 Å². The molecule has 0 fully saturated rings. The van der Waals surface area contributed by atoms with Crippen LogP contribution in [0.1, 0.15) is 26.4 Å². The molecule has 0 atom stereocenters. The van der Waals surface area contributed by atoms with Gasteiger partial charge in [-0.3, -0.25) is 4.68 Å². The average molecular weight is 497 g/mol. The summed E-state index contributed by atoms with van der Waals surface area (Å²) in [4.78, 5) is 13.4. The van der Waals surface area contributed by atoms with Gasteiger partial charge >= 0.3 is 5.97 Å². The van der Waals surface area contributed by atoms with E-state index in [1.54, 1.807) is 17.1 Å². The van der Waals surface area contributed by atoms with Crippen molar-refractivity contribution in [2.24, 2.45) is 0 Å². The van der Waals surface area contributed by atoms with Crippen molar-refractivity contribution in [3.63, 3.8) is 0 Å². The molecule has 168 valence electrons. The first-order valence-electron chi connectivity index (χ1n) is 10.1. The molecule has 2 aromatic heterocycles. The van der Waals surface area contributed by atoms with Gasteiger partial charge in [-0.25, -0.2) is 4.79 Å². The highest BCUT2D eigenvalue weighted by Gasteiger charge is 2.18. The molecule has 0 unspecified atom stereocenters. The third kappa shape index (κ3) is 6.19. The van der Waals surface area contributed by atoms with Gasteiger partial charge < -0.3 is 15.4 Å². The van der Waals surface area contributed by atoms with E-state index in [9.17, 15) is 4.79 Å². The number of anilines is 2. The molecule has 4 aromatic rings. The Morgan fingerprint density at radius 3 is 2.64 bits per heavy atom. The van der Waals surface area contributed by atoms with Crippen LogP contribution in [0.2, 0.25) is 5.02 Å². The first-order valence-corrected chi connectivity index (χ1v) is 11.7. The van der Waals surface area contributed by atoms with E-state index < -0.39 is 5.97 Å². The summed E-state index contributed by atoms with van der Waals surface area (Å²) in [6, 6.07) is 19.8. The van der Waals surface area contributed by atoms with Gasteiger partial charge in [-0.1, -0.05) is 54.1 Å². The fraction of sp³-hybridized carbons (Fsp3) is 0.125. The number of hydrogen-bond acceptors (Lipinski definition) is 5. The van der Waals surface area contributed by atoms with Gasteiger partial charge in [-0.15, -0.1) is 11.3 Å². The maximum atomic E-state index is 12.3. The predicted octanol–water partition coefficient (Wildman–Crippen LogP) is 5.83. The van der Waals surface area contributed by atoms with Crippen LogP contribution >= 0.6 is 35.2 Å². The number of nitrogens with zero attached hydrogens (tertiary/aromatic N) is 2. The molecule has 0 aliphatic rings. The van der Waals surface area contributed by atoms with Crippen LogP contribution in [0, 0.1) is 0 Å². The second-order valence-corrected chi connectivity index (χ2v) is 9.23. The fourth-order valence-corrected chi connectivity index (χ4v) is 4.83. The molecule has 9 heteroatoms. The number of carbonyl (C=O) groups excluding carboxylic acids is 1. The van der Waals surface area contributed by atoms with Crippen LogP contribution in [0.3, 0.4) is 0 Å². The Kier molecular flexibility index (Phi) is 7.39. The molecule has 0 aliphatic carbocycles. The Hall–Kier alpha value is -3.20. The molecule has 0 spiro atoms. The van der Waals surface area contributed by atoms with Crippen LogP contribution in [-0.2, 0) is 17.7 Å². The fourth-order valence-electron chi connectivity index (χ4n) is 3.31. The molecule has 0 amide bonds. The number of hydrogen-bond donors (Lipinski definition) is 2. The van der Waals surface area contributed by atoms with Crippen molar-refractivity contribution in [1.29, 1.82) is 0 Å². The number of thiophene rings is 1. The van der Waals surface area contributed by atoms with Gasteiger partial charge in [0.05, 0.1) is 30.4 Å². The molecule has 0 saturated heterocycles. The number of nitrogens with one attached hydrogen (secondary N) is 2. The molecule has 0 saturated carbocycles. The number of ether oxygens (including phenoxy) is 1. The second kappa shape index (κ2) is 10.6. The number of methoxy groups -OCH3 is 1. The number of rotatable bonds is 7. The molecular formula is C24H21ClN4O2S2. The van der Waals surface area contributed by atoms with Gasteiger partial charge in [0.25, 0.3) is 0 Å². The molecule has 6 nitrogen and oxygen atoms in total. The van der Waals surface area contributed by atoms with Crippen LogP contribution in [0.25, 0.3) is 0 Å². The summed E-state index contributed by atoms with van der Waals surface area (Å²) in [5.74, 6) is -0.407. The van der Waals surface area contributed by atoms with E-state index in [2.05, 4.69) is 27.9 Å². The van der Waals surface area contributed by atoms with Crippen LogP contribution in [0.15, 0.2) is 73.1 Å². The maximum Gasteiger partial charge on any atom is 0.340 e. The van der Waals surface area contributed by atoms with Gasteiger partial charge in [0.1, 0.15) is 5.00 Å². The lowest BCUT2D eigenvalue weighted by Crippen LogP contribution is -2.20. The third-order valence-corrected chi connectivity index (χ3v) is 6.22. The number of carbonyl (C=O) groups is 1. The molecule has 0 radical (unpaired) electrons. The summed E-state index contributed by atoms with van der Waals surface area (Å²) < 4.78 is 6.73. The monoisotopic (exact) mass is 496 g/mol. The molecular weight excluding hydrogens is 476 g/mol. The normalized spacial score (nSPS) is 10.6. The number of thiocarbonyl (C=S) groups is 1. The Labute approximate surface area is 206 Å². The summed E-state index contributed by atoms with van der Waals surface area (Å²) >= 11 is 12.9. The van der Waals surface area contributed by atoms with Gasteiger partial charge in [0, 0.05) is 23.2 Å². The lowest BCUT2D eigenvalue weighted by Gasteiger charge is -2.11. The highest BCUT2D eigenvalue weighted by atomic mass is 35.5. The van der Waals surface area contributed by atoms with Crippen LogP contribution in [0.5, 0.6) is 0 Å². The van der Waals surface area contributed by atoms with Crippen molar-refractivity contribution < 1.29 is 9.53 Å². The topological polar surface area (TPSA) is 68.2 Å². The smallest absolute Gasteiger partial charge is 0.340 e. The number of benzene rings is 2. The molecule has 4 rings (SSSR count). The van der Waals surface area contributed by atoms with Gasteiger partial charge in [0.15, 0.2) is 5.11 Å². The van der Waals surface area contributed by atoms with Gasteiger partial charge in [-0.2, -0.15) is 5.10 Å². The lowest BCUT2D eigenvalue weighted by atomic mass is 10.1. The number of esters is 1. The zero-order valence-corrected chi connectivity index (χ0v) is 20.1. The second-order valence-electron chi connectivity index (χ2n) is 7.25. The first kappa shape index (κ1) is 23.0. The highest BCUT2D eigenvalue weighted by Crippen LogP contribution is 2.31. The highest BCUT2D eigenvalue weighted by molar-refractivity contribution is 7.80. The van der Waals surface area contributed by atoms with Crippen molar-refractivity contribution in [2.45, 2.75) is 13.0 Å². The Morgan fingerprint density at radius 1 is 1.12 bits per heavy atom. The molecule has 2 aromatic carbocycles. The van der Waals surface area contributed by atoms with E-state index in [-0.39, 0.29) is 0 Å². The Balaban J connectivity index is 1.46. The molecule has 2 N–H and O–H groups in total. The SMILES string of the molecule is COC(=O)c1cc(Cc2ccccc2)sc1NC(=S)Nc1cccc(Cn2cc(Cl)cn2)c1. The summed E-state index contributed by atoms with van der Waals surface area (Å²) in [7, 11) is 1.37. The number of halogens is 1. The quantitative estimate of drug-likeness (QED) is 0.248. The lowest BCUT2D eigenvalue weighted by molar-refractivity contribution is 0.0602. The molecule has 2 heterocycles.